The molecule has 0 atom stereocenters. The first-order valence-electron chi connectivity index (χ1n) is 10.2. The fourth-order valence-corrected chi connectivity index (χ4v) is 4.98. The predicted octanol–water partition coefficient (Wildman–Crippen LogP) is 1.75. The highest BCUT2D eigenvalue weighted by atomic mass is 32.2. The van der Waals surface area contributed by atoms with Gasteiger partial charge in [0.1, 0.15) is 12.3 Å². The fraction of sp³-hybridized carbons (Fsp3) is 0.600. The minimum absolute atomic E-state index is 0.112. The standard InChI is InChI=1S/C20H29N3O5S/c1-3-4-9-21-19(24)13-23-17-12-16(5-6-18(17)28-14-20(23)25)29(26,27)22-10-7-15(2)8-11-22/h5-6,12,15H,3-4,7-11,13-14H2,1-2H3,(H,21,24). The molecule has 0 spiro atoms. The van der Waals surface area contributed by atoms with Gasteiger partial charge in [-0.25, -0.2) is 8.42 Å². The Labute approximate surface area is 172 Å². The van der Waals surface area contributed by atoms with Gasteiger partial charge in [-0.05, 0) is 43.4 Å². The Morgan fingerprint density at radius 1 is 1.28 bits per heavy atom. The molecule has 1 fully saturated rings. The summed E-state index contributed by atoms with van der Waals surface area (Å²) in [5.74, 6) is 0.261. The lowest BCUT2D eigenvalue weighted by molar-refractivity contribution is -0.125. The third-order valence-corrected chi connectivity index (χ3v) is 7.30. The Kier molecular flexibility index (Phi) is 6.79. The molecule has 0 aromatic heterocycles. The van der Waals surface area contributed by atoms with Crippen molar-refractivity contribution < 1.29 is 22.7 Å². The number of carbonyl (C=O) groups is 2. The number of amides is 2. The van der Waals surface area contributed by atoms with Gasteiger partial charge in [-0.2, -0.15) is 4.31 Å². The quantitative estimate of drug-likeness (QED) is 0.674. The molecule has 3 rings (SSSR count). The fourth-order valence-electron chi connectivity index (χ4n) is 3.49. The van der Waals surface area contributed by atoms with Crippen molar-refractivity contribution in [2.75, 3.05) is 37.7 Å². The Balaban J connectivity index is 1.83. The average Bonchev–Trinajstić information content (AvgIpc) is 2.70. The number of sulfonamides is 1. The van der Waals surface area contributed by atoms with E-state index in [4.69, 9.17) is 4.74 Å². The number of rotatable bonds is 7. The normalized spacial score (nSPS) is 18.3. The summed E-state index contributed by atoms with van der Waals surface area (Å²) in [6, 6.07) is 4.50. The number of hydrogen-bond donors (Lipinski definition) is 1. The summed E-state index contributed by atoms with van der Waals surface area (Å²) in [7, 11) is -3.67. The minimum atomic E-state index is -3.67. The van der Waals surface area contributed by atoms with Gasteiger partial charge in [0.05, 0.1) is 10.6 Å². The first-order chi connectivity index (χ1) is 13.8. The molecule has 2 amide bonds. The number of fused-ring (bicyclic) bond motifs is 1. The third-order valence-electron chi connectivity index (χ3n) is 5.41. The number of piperidine rings is 1. The van der Waals surface area contributed by atoms with E-state index >= 15 is 0 Å². The van der Waals surface area contributed by atoms with E-state index in [1.54, 1.807) is 6.07 Å². The summed E-state index contributed by atoms with van der Waals surface area (Å²) in [4.78, 5) is 26.0. The highest BCUT2D eigenvalue weighted by Gasteiger charge is 2.32. The van der Waals surface area contributed by atoms with Gasteiger partial charge in [0, 0.05) is 19.6 Å². The molecule has 0 unspecified atom stereocenters. The van der Waals surface area contributed by atoms with Crippen molar-refractivity contribution in [3.63, 3.8) is 0 Å². The van der Waals surface area contributed by atoms with Crippen molar-refractivity contribution in [3.05, 3.63) is 18.2 Å². The lowest BCUT2D eigenvalue weighted by Crippen LogP contribution is -2.45. The molecule has 29 heavy (non-hydrogen) atoms. The summed E-state index contributed by atoms with van der Waals surface area (Å²) >= 11 is 0. The van der Waals surface area contributed by atoms with Gasteiger partial charge in [-0.15, -0.1) is 0 Å². The molecule has 8 nitrogen and oxygen atoms in total. The van der Waals surface area contributed by atoms with Gasteiger partial charge in [-0.3, -0.25) is 14.5 Å². The van der Waals surface area contributed by atoms with E-state index in [1.165, 1.54) is 21.3 Å². The van der Waals surface area contributed by atoms with Crippen molar-refractivity contribution in [1.29, 1.82) is 0 Å². The van der Waals surface area contributed by atoms with E-state index in [0.29, 0.717) is 37.0 Å². The van der Waals surface area contributed by atoms with Crippen LogP contribution in [0.4, 0.5) is 5.69 Å². The van der Waals surface area contributed by atoms with Crippen LogP contribution in [0.5, 0.6) is 5.75 Å². The topological polar surface area (TPSA) is 96.0 Å². The number of nitrogens with zero attached hydrogens (tertiary/aromatic N) is 2. The molecule has 1 aromatic carbocycles. The molecule has 2 heterocycles. The minimum Gasteiger partial charge on any atom is -0.482 e. The number of anilines is 1. The Morgan fingerprint density at radius 3 is 2.69 bits per heavy atom. The van der Waals surface area contributed by atoms with Crippen LogP contribution in [0, 0.1) is 5.92 Å². The van der Waals surface area contributed by atoms with Gasteiger partial charge in [-0.1, -0.05) is 20.3 Å². The van der Waals surface area contributed by atoms with Crippen LogP contribution in [0.25, 0.3) is 0 Å². The zero-order valence-corrected chi connectivity index (χ0v) is 17.8. The Hall–Kier alpha value is -2.13. The number of nitrogens with one attached hydrogen (secondary N) is 1. The maximum atomic E-state index is 13.1. The molecule has 2 aliphatic heterocycles. The van der Waals surface area contributed by atoms with E-state index in [2.05, 4.69) is 12.2 Å². The third kappa shape index (κ3) is 4.90. The van der Waals surface area contributed by atoms with Crippen molar-refractivity contribution in [2.45, 2.75) is 44.4 Å². The maximum absolute atomic E-state index is 13.1. The van der Waals surface area contributed by atoms with E-state index in [0.717, 1.165) is 25.7 Å². The first kappa shape index (κ1) is 21.6. The number of ether oxygens (including phenoxy) is 1. The molecule has 1 N–H and O–H groups in total. The summed E-state index contributed by atoms with van der Waals surface area (Å²) < 4.78 is 33.1. The van der Waals surface area contributed by atoms with Crippen molar-refractivity contribution in [2.24, 2.45) is 5.92 Å². The van der Waals surface area contributed by atoms with Crippen molar-refractivity contribution in [1.82, 2.24) is 9.62 Å². The Bertz CT molecular complexity index is 863. The summed E-state index contributed by atoms with van der Waals surface area (Å²) in [5, 5.41) is 2.78. The second-order valence-electron chi connectivity index (χ2n) is 7.69. The molecular weight excluding hydrogens is 394 g/mol. The monoisotopic (exact) mass is 423 g/mol. The van der Waals surface area contributed by atoms with Crippen LogP contribution >= 0.6 is 0 Å². The number of hydrogen-bond acceptors (Lipinski definition) is 5. The van der Waals surface area contributed by atoms with Crippen LogP contribution < -0.4 is 15.0 Å². The molecule has 0 saturated carbocycles. The number of unbranched alkanes of at least 4 members (excludes halogenated alkanes) is 1. The first-order valence-corrected chi connectivity index (χ1v) is 11.6. The Morgan fingerprint density at radius 2 is 2.00 bits per heavy atom. The van der Waals surface area contributed by atoms with E-state index in [1.807, 2.05) is 6.92 Å². The second-order valence-corrected chi connectivity index (χ2v) is 9.63. The molecule has 0 aliphatic carbocycles. The number of benzene rings is 1. The van der Waals surface area contributed by atoms with Crippen LogP contribution in [0.15, 0.2) is 23.1 Å². The zero-order chi connectivity index (χ0) is 21.0. The second kappa shape index (κ2) is 9.13. The molecule has 2 aliphatic rings. The predicted molar refractivity (Wildman–Crippen MR) is 109 cm³/mol. The molecule has 1 saturated heterocycles. The molecule has 9 heteroatoms. The van der Waals surface area contributed by atoms with Gasteiger partial charge < -0.3 is 10.1 Å². The molecule has 0 radical (unpaired) electrons. The van der Waals surface area contributed by atoms with Crippen LogP contribution in [0.2, 0.25) is 0 Å². The summed E-state index contributed by atoms with van der Waals surface area (Å²) in [6.45, 7) is 5.32. The molecule has 160 valence electrons. The number of carbonyl (C=O) groups excluding carboxylic acids is 2. The summed E-state index contributed by atoms with van der Waals surface area (Å²) in [5.41, 5.74) is 0.318. The van der Waals surface area contributed by atoms with Gasteiger partial charge in [0.2, 0.25) is 15.9 Å². The highest BCUT2D eigenvalue weighted by molar-refractivity contribution is 7.89. The van der Waals surface area contributed by atoms with Gasteiger partial charge >= 0.3 is 0 Å². The van der Waals surface area contributed by atoms with Crippen LogP contribution in [0.1, 0.15) is 39.5 Å². The zero-order valence-electron chi connectivity index (χ0n) is 17.0. The lowest BCUT2D eigenvalue weighted by Gasteiger charge is -2.31. The summed E-state index contributed by atoms with van der Waals surface area (Å²) in [6.07, 6.45) is 3.47. The lowest BCUT2D eigenvalue weighted by atomic mass is 10.0. The highest BCUT2D eigenvalue weighted by Crippen LogP contribution is 2.35. The van der Waals surface area contributed by atoms with E-state index < -0.39 is 10.0 Å². The van der Waals surface area contributed by atoms with Gasteiger partial charge in [0.15, 0.2) is 6.61 Å². The maximum Gasteiger partial charge on any atom is 0.265 e. The van der Waals surface area contributed by atoms with Gasteiger partial charge in [0.25, 0.3) is 5.91 Å². The van der Waals surface area contributed by atoms with Crippen molar-refractivity contribution >= 4 is 27.5 Å². The molecular formula is C20H29N3O5S. The van der Waals surface area contributed by atoms with E-state index in [-0.39, 0.29) is 29.9 Å². The van der Waals surface area contributed by atoms with Crippen molar-refractivity contribution in [3.8, 4) is 5.75 Å². The SMILES string of the molecule is CCCCNC(=O)CN1C(=O)COc2ccc(S(=O)(=O)N3CCC(C)CC3)cc21. The molecule has 0 bridgehead atoms. The molecule has 1 aromatic rings. The average molecular weight is 424 g/mol. The van der Waals surface area contributed by atoms with Crippen LogP contribution in [-0.4, -0.2) is 57.3 Å². The van der Waals surface area contributed by atoms with Crippen LogP contribution in [-0.2, 0) is 19.6 Å². The smallest absolute Gasteiger partial charge is 0.265 e. The van der Waals surface area contributed by atoms with E-state index in [9.17, 15) is 18.0 Å². The van der Waals surface area contributed by atoms with Crippen LogP contribution in [0.3, 0.4) is 0 Å². The largest absolute Gasteiger partial charge is 0.482 e.